The molecule has 0 saturated carbocycles. The van der Waals surface area contributed by atoms with Crippen LogP contribution in [0.3, 0.4) is 0 Å². The third-order valence-corrected chi connectivity index (χ3v) is 3.40. The van der Waals surface area contributed by atoms with Gasteiger partial charge in [0.25, 0.3) is 0 Å². The number of aliphatic hydroxyl groups is 1. The summed E-state index contributed by atoms with van der Waals surface area (Å²) in [7, 11) is 0. The Hall–Kier alpha value is -1.78. The van der Waals surface area contributed by atoms with Crippen LogP contribution in [0.15, 0.2) is 42.5 Å². The van der Waals surface area contributed by atoms with Gasteiger partial charge in [0, 0.05) is 6.54 Å². The van der Waals surface area contributed by atoms with Crippen molar-refractivity contribution in [1.82, 2.24) is 5.32 Å². The lowest BCUT2D eigenvalue weighted by atomic mass is 10.0. The van der Waals surface area contributed by atoms with Crippen LogP contribution >= 0.6 is 0 Å². The van der Waals surface area contributed by atoms with Crippen molar-refractivity contribution >= 4 is 0 Å². The summed E-state index contributed by atoms with van der Waals surface area (Å²) in [5.41, 5.74) is 2.24. The van der Waals surface area contributed by atoms with E-state index < -0.39 is 6.10 Å². The molecule has 0 amide bonds. The summed E-state index contributed by atoms with van der Waals surface area (Å²) < 4.78 is 25.9. The molecule has 0 saturated heterocycles. The molecule has 2 aromatic rings. The lowest BCUT2D eigenvalue weighted by Gasteiger charge is -2.12. The standard InChI is InChI=1S/C17H19F2NO/c1-12-10-14(4-7-16(12)19)17(21)8-9-20-11-13-2-5-15(18)6-3-13/h2-7,10,17,20-21H,8-9,11H2,1H3. The third kappa shape index (κ3) is 4.62. The number of aryl methyl sites for hydroxylation is 1. The molecule has 2 aromatic carbocycles. The van der Waals surface area contributed by atoms with Gasteiger partial charge in [-0.25, -0.2) is 8.78 Å². The smallest absolute Gasteiger partial charge is 0.126 e. The minimum Gasteiger partial charge on any atom is -0.388 e. The molecule has 0 spiro atoms. The van der Waals surface area contributed by atoms with Crippen LogP contribution in [-0.4, -0.2) is 11.7 Å². The molecule has 0 bridgehead atoms. The first kappa shape index (κ1) is 15.6. The highest BCUT2D eigenvalue weighted by molar-refractivity contribution is 5.25. The summed E-state index contributed by atoms with van der Waals surface area (Å²) in [5.74, 6) is -0.513. The van der Waals surface area contributed by atoms with Crippen LogP contribution in [0.4, 0.5) is 8.78 Å². The van der Waals surface area contributed by atoms with Crippen molar-refractivity contribution in [2.75, 3.05) is 6.54 Å². The molecule has 0 aliphatic heterocycles. The van der Waals surface area contributed by atoms with E-state index in [1.54, 1.807) is 31.2 Å². The molecule has 0 heterocycles. The molecule has 0 fully saturated rings. The minimum atomic E-state index is -0.620. The Morgan fingerprint density at radius 2 is 1.81 bits per heavy atom. The Labute approximate surface area is 123 Å². The number of halogens is 2. The largest absolute Gasteiger partial charge is 0.388 e. The lowest BCUT2D eigenvalue weighted by Crippen LogP contribution is -2.17. The second-order valence-corrected chi connectivity index (χ2v) is 5.12. The number of benzene rings is 2. The Morgan fingerprint density at radius 3 is 2.48 bits per heavy atom. The predicted octanol–water partition coefficient (Wildman–Crippen LogP) is 3.49. The highest BCUT2D eigenvalue weighted by Crippen LogP contribution is 2.19. The fourth-order valence-electron chi connectivity index (χ4n) is 2.12. The monoisotopic (exact) mass is 291 g/mol. The highest BCUT2D eigenvalue weighted by Gasteiger charge is 2.08. The van der Waals surface area contributed by atoms with E-state index >= 15 is 0 Å². The van der Waals surface area contributed by atoms with Gasteiger partial charge in [-0.3, -0.25) is 0 Å². The molecule has 1 atom stereocenters. The first-order valence-electron chi connectivity index (χ1n) is 6.95. The topological polar surface area (TPSA) is 32.3 Å². The zero-order valence-electron chi connectivity index (χ0n) is 11.9. The molecule has 2 rings (SSSR count). The zero-order valence-corrected chi connectivity index (χ0v) is 11.9. The molecule has 112 valence electrons. The van der Waals surface area contributed by atoms with E-state index in [0.717, 1.165) is 11.1 Å². The van der Waals surface area contributed by atoms with Crippen LogP contribution in [0.25, 0.3) is 0 Å². The summed E-state index contributed by atoms with van der Waals surface area (Å²) in [4.78, 5) is 0. The summed E-state index contributed by atoms with van der Waals surface area (Å²) in [6.07, 6.45) is -0.0864. The summed E-state index contributed by atoms with van der Waals surface area (Å²) in [6.45, 7) is 2.92. The molecule has 0 aliphatic carbocycles. The van der Waals surface area contributed by atoms with Crippen molar-refractivity contribution < 1.29 is 13.9 Å². The maximum atomic E-state index is 13.2. The molecule has 2 nitrogen and oxygen atoms in total. The second kappa shape index (κ2) is 7.29. The van der Waals surface area contributed by atoms with Crippen LogP contribution in [0.2, 0.25) is 0 Å². The Bertz CT molecular complexity index is 584. The van der Waals surface area contributed by atoms with E-state index in [9.17, 15) is 13.9 Å². The van der Waals surface area contributed by atoms with Crippen molar-refractivity contribution in [3.05, 3.63) is 70.8 Å². The van der Waals surface area contributed by atoms with E-state index in [1.807, 2.05) is 0 Å². The molecule has 0 aliphatic rings. The van der Waals surface area contributed by atoms with E-state index in [2.05, 4.69) is 5.32 Å². The molecular formula is C17H19F2NO. The van der Waals surface area contributed by atoms with Gasteiger partial charge < -0.3 is 10.4 Å². The predicted molar refractivity (Wildman–Crippen MR) is 78.8 cm³/mol. The normalized spacial score (nSPS) is 12.4. The van der Waals surface area contributed by atoms with Crippen molar-refractivity contribution in [1.29, 1.82) is 0 Å². The quantitative estimate of drug-likeness (QED) is 0.799. The van der Waals surface area contributed by atoms with E-state index in [4.69, 9.17) is 0 Å². The van der Waals surface area contributed by atoms with Crippen molar-refractivity contribution in [2.45, 2.75) is 26.0 Å². The van der Waals surface area contributed by atoms with E-state index in [-0.39, 0.29) is 11.6 Å². The fraction of sp³-hybridized carbons (Fsp3) is 0.294. The van der Waals surface area contributed by atoms with Crippen LogP contribution in [-0.2, 0) is 6.54 Å². The molecule has 1 unspecified atom stereocenters. The maximum absolute atomic E-state index is 13.2. The van der Waals surface area contributed by atoms with Gasteiger partial charge in [-0.15, -0.1) is 0 Å². The molecule has 21 heavy (non-hydrogen) atoms. The van der Waals surface area contributed by atoms with Gasteiger partial charge in [0.1, 0.15) is 11.6 Å². The van der Waals surface area contributed by atoms with Gasteiger partial charge in [0.2, 0.25) is 0 Å². The first-order valence-corrected chi connectivity index (χ1v) is 6.95. The molecule has 0 aromatic heterocycles. The van der Waals surface area contributed by atoms with Crippen LogP contribution in [0, 0.1) is 18.6 Å². The number of nitrogens with one attached hydrogen (secondary N) is 1. The zero-order chi connectivity index (χ0) is 15.2. The number of hydrogen-bond acceptors (Lipinski definition) is 2. The summed E-state index contributed by atoms with van der Waals surface area (Å²) in [6, 6.07) is 10.9. The van der Waals surface area contributed by atoms with Crippen LogP contribution < -0.4 is 5.32 Å². The van der Waals surface area contributed by atoms with Gasteiger partial charge in [-0.2, -0.15) is 0 Å². The van der Waals surface area contributed by atoms with E-state index in [0.29, 0.717) is 25.1 Å². The number of hydrogen-bond donors (Lipinski definition) is 2. The maximum Gasteiger partial charge on any atom is 0.126 e. The van der Waals surface area contributed by atoms with Crippen LogP contribution in [0.1, 0.15) is 29.2 Å². The third-order valence-electron chi connectivity index (χ3n) is 3.40. The molecule has 0 radical (unpaired) electrons. The number of aliphatic hydroxyl groups excluding tert-OH is 1. The molecular weight excluding hydrogens is 272 g/mol. The lowest BCUT2D eigenvalue weighted by molar-refractivity contribution is 0.166. The Kier molecular flexibility index (Phi) is 5.42. The van der Waals surface area contributed by atoms with Gasteiger partial charge >= 0.3 is 0 Å². The van der Waals surface area contributed by atoms with Gasteiger partial charge in [0.15, 0.2) is 0 Å². The van der Waals surface area contributed by atoms with Gasteiger partial charge in [-0.05, 0) is 54.8 Å². The summed E-state index contributed by atoms with van der Waals surface area (Å²) >= 11 is 0. The fourth-order valence-corrected chi connectivity index (χ4v) is 2.12. The number of rotatable bonds is 6. The summed E-state index contributed by atoms with van der Waals surface area (Å²) in [5, 5.41) is 13.2. The van der Waals surface area contributed by atoms with Gasteiger partial charge in [0.05, 0.1) is 6.10 Å². The second-order valence-electron chi connectivity index (χ2n) is 5.12. The Balaban J connectivity index is 1.77. The highest BCUT2D eigenvalue weighted by atomic mass is 19.1. The first-order chi connectivity index (χ1) is 10.1. The molecule has 4 heteroatoms. The Morgan fingerprint density at radius 1 is 1.10 bits per heavy atom. The average molecular weight is 291 g/mol. The van der Waals surface area contributed by atoms with Crippen LogP contribution in [0.5, 0.6) is 0 Å². The minimum absolute atomic E-state index is 0.249. The van der Waals surface area contributed by atoms with Gasteiger partial charge in [-0.1, -0.05) is 24.3 Å². The SMILES string of the molecule is Cc1cc(C(O)CCNCc2ccc(F)cc2)ccc1F. The van der Waals surface area contributed by atoms with Crippen molar-refractivity contribution in [3.8, 4) is 0 Å². The molecule has 2 N–H and O–H groups in total. The van der Waals surface area contributed by atoms with Crippen molar-refractivity contribution in [2.24, 2.45) is 0 Å². The van der Waals surface area contributed by atoms with Crippen molar-refractivity contribution in [3.63, 3.8) is 0 Å². The average Bonchev–Trinajstić information content (AvgIpc) is 2.48. The van der Waals surface area contributed by atoms with E-state index in [1.165, 1.54) is 18.2 Å².